The number of aliphatic hydroxyl groups is 4. The zero-order valence-corrected chi connectivity index (χ0v) is 24.2. The highest BCUT2D eigenvalue weighted by Gasteiger charge is 2.05. The van der Waals surface area contributed by atoms with Crippen LogP contribution in [-0.2, 0) is 0 Å². The van der Waals surface area contributed by atoms with Crippen molar-refractivity contribution in [2.75, 3.05) is 46.0 Å². The second-order valence-electron chi connectivity index (χ2n) is 6.37. The molecule has 0 radical (unpaired) electrons. The second kappa shape index (κ2) is 23.0. The summed E-state index contributed by atoms with van der Waals surface area (Å²) in [7, 11) is 0. The lowest BCUT2D eigenvalue weighted by Crippen LogP contribution is -2.12. The number of rotatable bonds is 0. The molecule has 12 heteroatoms. The van der Waals surface area contributed by atoms with Crippen molar-refractivity contribution in [3.05, 3.63) is 43.3 Å². The van der Waals surface area contributed by atoms with Crippen LogP contribution in [0.4, 0.5) is 0 Å². The van der Waals surface area contributed by atoms with E-state index in [1.54, 1.807) is 94.1 Å². The normalized spacial score (nSPS) is 33.9. The molecule has 0 aromatic rings. The minimum Gasteiger partial charge on any atom is -0.391 e. The number of hydrogen-bond acceptors (Lipinski definition) is 12. The van der Waals surface area contributed by atoms with Crippen LogP contribution in [0.2, 0.25) is 0 Å². The molecule has 32 heavy (non-hydrogen) atoms. The van der Waals surface area contributed by atoms with Gasteiger partial charge in [0.2, 0.25) is 0 Å². The average molecular weight is 593 g/mol. The van der Waals surface area contributed by atoms with Gasteiger partial charge < -0.3 is 20.4 Å². The Morgan fingerprint density at radius 3 is 0.562 bits per heavy atom. The summed E-state index contributed by atoms with van der Waals surface area (Å²) < 4.78 is 0. The third kappa shape index (κ3) is 20.9. The molecule has 0 bridgehead atoms. The molecule has 1 aliphatic rings. The lowest BCUT2D eigenvalue weighted by molar-refractivity contribution is 0.225. The van der Waals surface area contributed by atoms with Gasteiger partial charge in [0, 0.05) is 46.0 Å². The maximum Gasteiger partial charge on any atom is 0.0727 e. The first-order chi connectivity index (χ1) is 15.6. The van der Waals surface area contributed by atoms with Crippen molar-refractivity contribution in [1.29, 1.82) is 0 Å². The van der Waals surface area contributed by atoms with Gasteiger partial charge in [-0.05, 0) is 43.3 Å². The summed E-state index contributed by atoms with van der Waals surface area (Å²) in [4.78, 5) is 0. The molecule has 1 rings (SSSR count). The molecule has 0 spiro atoms. The van der Waals surface area contributed by atoms with Gasteiger partial charge >= 0.3 is 0 Å². The Labute approximate surface area is 226 Å². The van der Waals surface area contributed by atoms with Crippen LogP contribution in [0.15, 0.2) is 43.3 Å². The summed E-state index contributed by atoms with van der Waals surface area (Å²) in [5.74, 6) is 5.13. The van der Waals surface area contributed by atoms with E-state index in [1.807, 2.05) is 43.3 Å². The molecular weight excluding hydrogens is 561 g/mol. The van der Waals surface area contributed by atoms with E-state index in [9.17, 15) is 20.4 Å². The molecule has 4 N–H and O–H groups in total. The van der Waals surface area contributed by atoms with Crippen LogP contribution in [0.3, 0.4) is 0 Å². The molecule has 0 aliphatic carbocycles. The van der Waals surface area contributed by atoms with E-state index in [2.05, 4.69) is 0 Å². The van der Waals surface area contributed by atoms with E-state index in [1.165, 1.54) is 0 Å². The van der Waals surface area contributed by atoms with Crippen molar-refractivity contribution < 1.29 is 20.4 Å². The zero-order chi connectivity index (χ0) is 23.3. The predicted molar refractivity (Wildman–Crippen MR) is 160 cm³/mol. The number of aliphatic hydroxyl groups excluding tert-OH is 4. The first kappa shape index (κ1) is 31.6. The summed E-state index contributed by atoms with van der Waals surface area (Å²) in [6.07, 6.45) is -1.50. The zero-order valence-electron chi connectivity index (χ0n) is 17.6. The maximum atomic E-state index is 10.0. The van der Waals surface area contributed by atoms with E-state index in [4.69, 9.17) is 0 Å². The molecular formula is C20H32O4S8. The van der Waals surface area contributed by atoms with Gasteiger partial charge in [-0.3, -0.25) is 0 Å². The van der Waals surface area contributed by atoms with E-state index in [-0.39, 0.29) is 24.4 Å². The molecule has 0 amide bonds. The van der Waals surface area contributed by atoms with Gasteiger partial charge in [0.05, 0.1) is 24.4 Å². The molecule has 0 unspecified atom stereocenters. The summed E-state index contributed by atoms with van der Waals surface area (Å²) in [6, 6.07) is 0. The average Bonchev–Trinajstić information content (AvgIpc) is 2.77. The molecule has 0 aromatic heterocycles. The molecule has 184 valence electrons. The van der Waals surface area contributed by atoms with Gasteiger partial charge in [0.15, 0.2) is 0 Å². The monoisotopic (exact) mass is 592 g/mol. The topological polar surface area (TPSA) is 80.9 Å². The van der Waals surface area contributed by atoms with Crippen molar-refractivity contribution in [2.45, 2.75) is 24.4 Å². The molecule has 1 aliphatic heterocycles. The van der Waals surface area contributed by atoms with E-state index < -0.39 is 0 Å². The molecule has 4 nitrogen and oxygen atoms in total. The smallest absolute Gasteiger partial charge is 0.0727 e. The largest absolute Gasteiger partial charge is 0.391 e. The quantitative estimate of drug-likeness (QED) is 0.299. The first-order valence-electron chi connectivity index (χ1n) is 9.83. The van der Waals surface area contributed by atoms with Crippen LogP contribution < -0.4 is 0 Å². The Morgan fingerprint density at radius 2 is 0.438 bits per heavy atom. The van der Waals surface area contributed by atoms with Gasteiger partial charge in [-0.1, -0.05) is 0 Å². The molecule has 0 saturated carbocycles. The summed E-state index contributed by atoms with van der Waals surface area (Å²) in [5.41, 5.74) is 0. The fraction of sp³-hybridized carbons (Fsp3) is 0.600. The Hall–Kier alpha value is 1.60. The van der Waals surface area contributed by atoms with E-state index in [0.29, 0.717) is 46.0 Å². The Balaban J connectivity index is 2.40. The van der Waals surface area contributed by atoms with Crippen LogP contribution >= 0.6 is 94.1 Å². The van der Waals surface area contributed by atoms with Crippen molar-refractivity contribution in [3.8, 4) is 0 Å². The highest BCUT2D eigenvalue weighted by Crippen LogP contribution is 2.19. The van der Waals surface area contributed by atoms with Gasteiger partial charge in [-0.25, -0.2) is 0 Å². The first-order valence-corrected chi connectivity index (χ1v) is 18.2. The van der Waals surface area contributed by atoms with Gasteiger partial charge in [-0.15, -0.1) is 94.1 Å². The highest BCUT2D eigenvalue weighted by atomic mass is 32.2. The third-order valence-electron chi connectivity index (χ3n) is 3.30. The molecule has 1 heterocycles. The Kier molecular flexibility index (Phi) is 22.8. The lowest BCUT2D eigenvalue weighted by atomic mass is 10.5. The van der Waals surface area contributed by atoms with Gasteiger partial charge in [0.1, 0.15) is 0 Å². The van der Waals surface area contributed by atoms with Crippen molar-refractivity contribution >= 4 is 94.1 Å². The van der Waals surface area contributed by atoms with Crippen LogP contribution in [0, 0.1) is 0 Å². The summed E-state index contributed by atoms with van der Waals surface area (Å²) in [6.45, 7) is 0. The second-order valence-corrected chi connectivity index (χ2v) is 13.9. The van der Waals surface area contributed by atoms with Crippen LogP contribution in [0.5, 0.6) is 0 Å². The van der Waals surface area contributed by atoms with E-state index in [0.717, 1.165) is 0 Å². The third-order valence-corrected chi connectivity index (χ3v) is 11.2. The minimum absolute atomic E-state index is 0.374. The lowest BCUT2D eigenvalue weighted by Gasteiger charge is -2.08. The van der Waals surface area contributed by atoms with Crippen LogP contribution in [0.25, 0.3) is 0 Å². The van der Waals surface area contributed by atoms with E-state index >= 15 is 0 Å². The Morgan fingerprint density at radius 1 is 0.312 bits per heavy atom. The van der Waals surface area contributed by atoms with Crippen LogP contribution in [0.1, 0.15) is 0 Å². The SMILES string of the molecule is OC1CS/C=C\SCC(O)CS/C=C\SCC(O)CS/C=C\SCC(O)CS/C=C\SC1. The summed E-state index contributed by atoms with van der Waals surface area (Å²) >= 11 is 12.6. The van der Waals surface area contributed by atoms with Crippen LogP contribution in [-0.4, -0.2) is 90.9 Å². The summed E-state index contributed by atoms with van der Waals surface area (Å²) in [5, 5.41) is 55.8. The highest BCUT2D eigenvalue weighted by molar-refractivity contribution is 8.07. The number of hydrogen-bond donors (Lipinski definition) is 4. The molecule has 0 aromatic carbocycles. The standard InChI is InChI=1S/C20H32O4S8/c21-17-9-25-1-2-26-10-18(22)12-28-5-6-30-14-20(24)16-32-8-7-31-15-19(23)13-29-4-3-27-11-17/h1-8,17-24H,9-16H2/b2-1-,4-3-,6-5-,8-7-. The molecule has 0 saturated heterocycles. The Bertz CT molecular complexity index is 426. The van der Waals surface area contributed by atoms with Gasteiger partial charge in [-0.2, -0.15) is 0 Å². The minimum atomic E-state index is -0.374. The fourth-order valence-electron chi connectivity index (χ4n) is 1.84. The van der Waals surface area contributed by atoms with Gasteiger partial charge in [0.25, 0.3) is 0 Å². The molecule has 0 atom stereocenters. The predicted octanol–water partition coefficient (Wildman–Crippen LogP) is 5.19. The maximum absolute atomic E-state index is 10.0. The molecule has 0 fully saturated rings. The van der Waals surface area contributed by atoms with Crippen molar-refractivity contribution in [3.63, 3.8) is 0 Å². The fourth-order valence-corrected chi connectivity index (χ4v) is 8.56. The van der Waals surface area contributed by atoms with Crippen molar-refractivity contribution in [2.24, 2.45) is 0 Å². The number of thioether (sulfide) groups is 8. The van der Waals surface area contributed by atoms with Crippen molar-refractivity contribution in [1.82, 2.24) is 0 Å².